The lowest BCUT2D eigenvalue weighted by Crippen LogP contribution is -2.56. The van der Waals surface area contributed by atoms with Crippen LogP contribution in [-0.2, 0) is 0 Å². The Morgan fingerprint density at radius 1 is 1.56 bits per heavy atom. The highest BCUT2D eigenvalue weighted by molar-refractivity contribution is 5.75. The van der Waals surface area contributed by atoms with Crippen LogP contribution in [0.1, 0.15) is 40.5 Å². The van der Waals surface area contributed by atoms with E-state index in [4.69, 9.17) is 0 Å². The first-order chi connectivity index (χ1) is 7.33. The van der Waals surface area contributed by atoms with Crippen molar-refractivity contribution in [1.82, 2.24) is 10.2 Å². The van der Waals surface area contributed by atoms with E-state index in [-0.39, 0.29) is 6.03 Å². The quantitative estimate of drug-likeness (QED) is 0.754. The number of hydrogen-bond donors (Lipinski definition) is 2. The van der Waals surface area contributed by atoms with Gasteiger partial charge in [0.05, 0.1) is 11.6 Å². The molecule has 1 heterocycles. The molecule has 0 aromatic carbocycles. The van der Waals surface area contributed by atoms with Crippen LogP contribution in [0.2, 0.25) is 0 Å². The van der Waals surface area contributed by atoms with E-state index >= 15 is 0 Å². The third-order valence-corrected chi connectivity index (χ3v) is 3.42. The van der Waals surface area contributed by atoms with Crippen LogP contribution in [-0.4, -0.2) is 40.8 Å². The molecule has 4 nitrogen and oxygen atoms in total. The second kappa shape index (κ2) is 5.04. The summed E-state index contributed by atoms with van der Waals surface area (Å²) in [5, 5.41) is 12.4. The van der Waals surface area contributed by atoms with E-state index in [1.165, 1.54) is 6.42 Å². The van der Waals surface area contributed by atoms with Gasteiger partial charge in [-0.2, -0.15) is 0 Å². The molecule has 0 aliphatic carbocycles. The highest BCUT2D eigenvalue weighted by Gasteiger charge is 2.29. The zero-order chi connectivity index (χ0) is 12.3. The van der Waals surface area contributed by atoms with Crippen molar-refractivity contribution in [2.24, 2.45) is 5.92 Å². The van der Waals surface area contributed by atoms with Crippen molar-refractivity contribution in [2.45, 2.75) is 52.2 Å². The van der Waals surface area contributed by atoms with Gasteiger partial charge < -0.3 is 15.3 Å². The molecule has 1 rings (SSSR count). The third-order valence-electron chi connectivity index (χ3n) is 3.42. The summed E-state index contributed by atoms with van der Waals surface area (Å²) in [5.74, 6) is 0.578. The highest BCUT2D eigenvalue weighted by Crippen LogP contribution is 2.16. The largest absolute Gasteiger partial charge is 0.391 e. The number of nitrogens with one attached hydrogen (secondary N) is 1. The van der Waals surface area contributed by atoms with Gasteiger partial charge in [0.15, 0.2) is 0 Å². The Morgan fingerprint density at radius 2 is 2.19 bits per heavy atom. The molecule has 2 unspecified atom stereocenters. The SMILES string of the molecule is CC1CCCN(C(=O)NC(C)(C)C(C)O)C1. The monoisotopic (exact) mass is 228 g/mol. The predicted octanol–water partition coefficient (Wildman–Crippen LogP) is 1.59. The lowest BCUT2D eigenvalue weighted by molar-refractivity contribution is 0.0908. The van der Waals surface area contributed by atoms with Crippen molar-refractivity contribution in [2.75, 3.05) is 13.1 Å². The summed E-state index contributed by atoms with van der Waals surface area (Å²) in [7, 11) is 0. The third kappa shape index (κ3) is 3.37. The first kappa shape index (κ1) is 13.3. The summed E-state index contributed by atoms with van der Waals surface area (Å²) in [4.78, 5) is 13.8. The normalized spacial score (nSPS) is 24.1. The number of piperidine rings is 1. The molecule has 0 spiro atoms. The predicted molar refractivity (Wildman–Crippen MR) is 64.3 cm³/mol. The minimum Gasteiger partial charge on any atom is -0.391 e. The van der Waals surface area contributed by atoms with Gasteiger partial charge in [-0.15, -0.1) is 0 Å². The van der Waals surface area contributed by atoms with E-state index in [9.17, 15) is 9.90 Å². The van der Waals surface area contributed by atoms with Crippen LogP contribution in [0.5, 0.6) is 0 Å². The van der Waals surface area contributed by atoms with Crippen molar-refractivity contribution in [3.63, 3.8) is 0 Å². The first-order valence-corrected chi connectivity index (χ1v) is 6.08. The molecule has 0 radical (unpaired) electrons. The van der Waals surface area contributed by atoms with Gasteiger partial charge in [-0.05, 0) is 39.5 Å². The van der Waals surface area contributed by atoms with Gasteiger partial charge in [-0.25, -0.2) is 4.79 Å². The smallest absolute Gasteiger partial charge is 0.317 e. The van der Waals surface area contributed by atoms with Crippen LogP contribution in [0.25, 0.3) is 0 Å². The Hall–Kier alpha value is -0.770. The number of amides is 2. The zero-order valence-corrected chi connectivity index (χ0v) is 10.8. The molecule has 1 saturated heterocycles. The first-order valence-electron chi connectivity index (χ1n) is 6.08. The Balaban J connectivity index is 2.51. The molecule has 16 heavy (non-hydrogen) atoms. The van der Waals surface area contributed by atoms with E-state index in [0.717, 1.165) is 19.5 Å². The van der Waals surface area contributed by atoms with Crippen molar-refractivity contribution in [3.05, 3.63) is 0 Å². The van der Waals surface area contributed by atoms with E-state index in [1.807, 2.05) is 18.7 Å². The fraction of sp³-hybridized carbons (Fsp3) is 0.917. The maximum atomic E-state index is 12.0. The Kier molecular flexibility index (Phi) is 4.19. The van der Waals surface area contributed by atoms with E-state index < -0.39 is 11.6 Å². The molecule has 0 bridgehead atoms. The maximum Gasteiger partial charge on any atom is 0.317 e. The molecule has 94 valence electrons. The lowest BCUT2D eigenvalue weighted by Gasteiger charge is -2.36. The molecular formula is C12H24N2O2. The molecule has 1 aliphatic rings. The average Bonchev–Trinajstić information content (AvgIpc) is 2.16. The maximum absolute atomic E-state index is 12.0. The van der Waals surface area contributed by atoms with Crippen LogP contribution in [0.3, 0.4) is 0 Å². The number of hydrogen-bond acceptors (Lipinski definition) is 2. The van der Waals surface area contributed by atoms with Gasteiger partial charge in [0, 0.05) is 13.1 Å². The lowest BCUT2D eigenvalue weighted by atomic mass is 9.98. The molecule has 2 atom stereocenters. The molecule has 0 aromatic heterocycles. The van der Waals surface area contributed by atoms with Crippen LogP contribution in [0.15, 0.2) is 0 Å². The van der Waals surface area contributed by atoms with E-state index in [1.54, 1.807) is 6.92 Å². The average molecular weight is 228 g/mol. The standard InChI is InChI=1S/C12H24N2O2/c1-9-6-5-7-14(8-9)11(16)13-12(3,4)10(2)15/h9-10,15H,5-8H2,1-4H3,(H,13,16). The fourth-order valence-electron chi connectivity index (χ4n) is 1.83. The van der Waals surface area contributed by atoms with Gasteiger partial charge in [-0.1, -0.05) is 6.92 Å². The van der Waals surface area contributed by atoms with Crippen molar-refractivity contribution < 1.29 is 9.90 Å². The van der Waals surface area contributed by atoms with Crippen molar-refractivity contribution >= 4 is 6.03 Å². The summed E-state index contributed by atoms with van der Waals surface area (Å²) in [6.07, 6.45) is 1.71. The summed E-state index contributed by atoms with van der Waals surface area (Å²) in [6, 6.07) is -0.0579. The molecule has 1 fully saturated rings. The minimum atomic E-state index is -0.572. The minimum absolute atomic E-state index is 0.0579. The second-order valence-corrected chi connectivity index (χ2v) is 5.52. The van der Waals surface area contributed by atoms with Crippen LogP contribution in [0, 0.1) is 5.92 Å². The number of carbonyl (C=O) groups is 1. The number of aliphatic hydroxyl groups is 1. The Labute approximate surface area is 98.0 Å². The van der Waals surface area contributed by atoms with Crippen molar-refractivity contribution in [3.8, 4) is 0 Å². The van der Waals surface area contributed by atoms with Gasteiger partial charge in [0.25, 0.3) is 0 Å². The molecule has 0 aromatic rings. The highest BCUT2D eigenvalue weighted by atomic mass is 16.3. The van der Waals surface area contributed by atoms with E-state index in [2.05, 4.69) is 12.2 Å². The summed E-state index contributed by atoms with van der Waals surface area (Å²) >= 11 is 0. The van der Waals surface area contributed by atoms with Crippen LogP contribution < -0.4 is 5.32 Å². The fourth-order valence-corrected chi connectivity index (χ4v) is 1.83. The number of aliphatic hydroxyl groups excluding tert-OH is 1. The molecule has 2 amide bonds. The number of likely N-dealkylation sites (tertiary alicyclic amines) is 1. The Bertz CT molecular complexity index is 251. The number of rotatable bonds is 2. The molecular weight excluding hydrogens is 204 g/mol. The molecule has 2 N–H and O–H groups in total. The van der Waals surface area contributed by atoms with Crippen molar-refractivity contribution in [1.29, 1.82) is 0 Å². The number of urea groups is 1. The second-order valence-electron chi connectivity index (χ2n) is 5.52. The summed E-state index contributed by atoms with van der Waals surface area (Å²) in [5.41, 5.74) is -0.572. The topological polar surface area (TPSA) is 52.6 Å². The zero-order valence-electron chi connectivity index (χ0n) is 10.8. The van der Waals surface area contributed by atoms with Gasteiger partial charge >= 0.3 is 6.03 Å². The van der Waals surface area contributed by atoms with Crippen LogP contribution in [0.4, 0.5) is 4.79 Å². The summed E-state index contributed by atoms with van der Waals surface area (Å²) in [6.45, 7) is 9.18. The summed E-state index contributed by atoms with van der Waals surface area (Å²) < 4.78 is 0. The molecule has 4 heteroatoms. The molecule has 0 saturated carbocycles. The number of carbonyl (C=O) groups excluding carboxylic acids is 1. The Morgan fingerprint density at radius 3 is 2.69 bits per heavy atom. The van der Waals surface area contributed by atoms with Crippen LogP contribution >= 0.6 is 0 Å². The van der Waals surface area contributed by atoms with Gasteiger partial charge in [0.2, 0.25) is 0 Å². The number of nitrogens with zero attached hydrogens (tertiary/aromatic N) is 1. The molecule has 1 aliphatic heterocycles. The van der Waals surface area contributed by atoms with E-state index in [0.29, 0.717) is 5.92 Å². The van der Waals surface area contributed by atoms with Gasteiger partial charge in [-0.3, -0.25) is 0 Å². The van der Waals surface area contributed by atoms with Gasteiger partial charge in [0.1, 0.15) is 0 Å².